The normalized spacial score (nSPS) is 12.5. The maximum absolute atomic E-state index is 10.8. The van der Waals surface area contributed by atoms with Crippen LogP contribution in [0.4, 0.5) is 0 Å². The summed E-state index contributed by atoms with van der Waals surface area (Å²) in [5.74, 6) is 0.760. The van der Waals surface area contributed by atoms with E-state index < -0.39 is 11.1 Å². The number of ether oxygens (including phenoxy) is 1. The molecule has 0 aliphatic rings. The summed E-state index contributed by atoms with van der Waals surface area (Å²) in [6.07, 6.45) is 0. The highest BCUT2D eigenvalue weighted by atomic mass is 35.5. The van der Waals surface area contributed by atoms with Gasteiger partial charge in [-0.2, -0.15) is 0 Å². The lowest BCUT2D eigenvalue weighted by Crippen LogP contribution is -2.01. The molecule has 13 heavy (non-hydrogen) atoms. The van der Waals surface area contributed by atoms with E-state index in [1.807, 2.05) is 0 Å². The molecule has 1 aromatic rings. The van der Waals surface area contributed by atoms with Crippen molar-refractivity contribution in [3.63, 3.8) is 0 Å². The molecule has 3 nitrogen and oxygen atoms in total. The molecule has 1 atom stereocenters. The van der Waals surface area contributed by atoms with Gasteiger partial charge in [-0.3, -0.25) is 0 Å². The highest BCUT2D eigenvalue weighted by Crippen LogP contribution is 2.20. The van der Waals surface area contributed by atoms with Crippen LogP contribution < -0.4 is 4.74 Å². The van der Waals surface area contributed by atoms with Crippen molar-refractivity contribution in [3.05, 3.63) is 24.3 Å². The van der Waals surface area contributed by atoms with Crippen LogP contribution in [0.3, 0.4) is 0 Å². The number of rotatable bonds is 4. The minimum absolute atomic E-state index is 0.271. The maximum Gasteiger partial charge on any atom is 0.190 e. The molecular formula is C8H9ClO3S. The molecule has 0 spiro atoms. The lowest BCUT2D eigenvalue weighted by atomic mass is 10.3. The molecule has 0 heterocycles. The van der Waals surface area contributed by atoms with Gasteiger partial charge in [-0.1, -0.05) is 12.1 Å². The molecule has 0 amide bonds. The lowest BCUT2D eigenvalue weighted by molar-refractivity contribution is 0.333. The fourth-order valence-electron chi connectivity index (χ4n) is 0.862. The quantitative estimate of drug-likeness (QED) is 0.623. The molecule has 0 saturated carbocycles. The number of benzene rings is 1. The molecule has 0 fully saturated rings. The van der Waals surface area contributed by atoms with Crippen LogP contribution in [0.5, 0.6) is 5.75 Å². The summed E-state index contributed by atoms with van der Waals surface area (Å²) < 4.78 is 24.8. The van der Waals surface area contributed by atoms with Gasteiger partial charge >= 0.3 is 0 Å². The van der Waals surface area contributed by atoms with E-state index in [2.05, 4.69) is 0 Å². The van der Waals surface area contributed by atoms with Crippen LogP contribution in [-0.2, 0) is 11.1 Å². The van der Waals surface area contributed by atoms with E-state index in [0.29, 0.717) is 18.2 Å². The van der Waals surface area contributed by atoms with Gasteiger partial charge < -0.3 is 9.29 Å². The predicted octanol–water partition coefficient (Wildman–Crippen LogP) is 1.88. The Bertz CT molecular complexity index is 303. The molecular weight excluding hydrogens is 212 g/mol. The Labute approximate surface area is 84.0 Å². The van der Waals surface area contributed by atoms with E-state index in [0.717, 1.165) is 0 Å². The SMILES string of the molecule is O=S(O)c1ccccc1OCCCl. The van der Waals surface area contributed by atoms with Crippen LogP contribution in [0.15, 0.2) is 29.2 Å². The van der Waals surface area contributed by atoms with E-state index in [-0.39, 0.29) is 4.90 Å². The molecule has 1 aromatic carbocycles. The van der Waals surface area contributed by atoms with Crippen LogP contribution in [0.1, 0.15) is 0 Å². The fourth-order valence-corrected chi connectivity index (χ4v) is 1.43. The molecule has 0 radical (unpaired) electrons. The van der Waals surface area contributed by atoms with Crippen LogP contribution in [-0.4, -0.2) is 21.2 Å². The first-order valence-electron chi connectivity index (χ1n) is 3.64. The van der Waals surface area contributed by atoms with Crippen LogP contribution in [0.2, 0.25) is 0 Å². The number of halogens is 1. The van der Waals surface area contributed by atoms with Crippen molar-refractivity contribution in [1.29, 1.82) is 0 Å². The summed E-state index contributed by atoms with van der Waals surface area (Å²) >= 11 is 3.41. The molecule has 1 rings (SSSR count). The second kappa shape index (κ2) is 5.21. The summed E-state index contributed by atoms with van der Waals surface area (Å²) in [7, 11) is 0. The standard InChI is InChI=1S/C8H9ClO3S/c9-5-6-12-7-3-1-2-4-8(7)13(10)11/h1-4H,5-6H2,(H,10,11). The monoisotopic (exact) mass is 220 g/mol. The van der Waals surface area contributed by atoms with Crippen molar-refractivity contribution in [2.75, 3.05) is 12.5 Å². The summed E-state index contributed by atoms with van der Waals surface area (Å²) in [5, 5.41) is 0. The van der Waals surface area contributed by atoms with Gasteiger partial charge in [0.25, 0.3) is 0 Å². The molecule has 0 aromatic heterocycles. The average Bonchev–Trinajstić information content (AvgIpc) is 2.15. The van der Waals surface area contributed by atoms with Gasteiger partial charge in [0.1, 0.15) is 17.3 Å². The second-order valence-corrected chi connectivity index (χ2v) is 3.55. The molecule has 1 N–H and O–H groups in total. The molecule has 5 heteroatoms. The summed E-state index contributed by atoms with van der Waals surface area (Å²) in [4.78, 5) is 0.271. The van der Waals surface area contributed by atoms with Crippen molar-refractivity contribution in [2.24, 2.45) is 0 Å². The maximum atomic E-state index is 10.8. The highest BCUT2D eigenvalue weighted by molar-refractivity contribution is 7.79. The first kappa shape index (κ1) is 10.5. The Morgan fingerprint density at radius 2 is 2.15 bits per heavy atom. The van der Waals surface area contributed by atoms with Gasteiger partial charge in [-0.25, -0.2) is 4.21 Å². The van der Waals surface area contributed by atoms with Gasteiger partial charge in [-0.05, 0) is 12.1 Å². The van der Waals surface area contributed by atoms with Crippen molar-refractivity contribution >= 4 is 22.7 Å². The smallest absolute Gasteiger partial charge is 0.190 e. The average molecular weight is 221 g/mol. The van der Waals surface area contributed by atoms with Gasteiger partial charge in [0.2, 0.25) is 0 Å². The third-order valence-corrected chi connectivity index (χ3v) is 2.24. The fraction of sp³-hybridized carbons (Fsp3) is 0.250. The number of para-hydroxylation sites is 1. The van der Waals surface area contributed by atoms with Gasteiger partial charge in [0.15, 0.2) is 11.1 Å². The van der Waals surface area contributed by atoms with E-state index >= 15 is 0 Å². The number of hydrogen-bond acceptors (Lipinski definition) is 2. The first-order valence-corrected chi connectivity index (χ1v) is 5.28. The van der Waals surface area contributed by atoms with E-state index in [1.165, 1.54) is 0 Å². The van der Waals surface area contributed by atoms with Gasteiger partial charge in [-0.15, -0.1) is 11.6 Å². The Kier molecular flexibility index (Phi) is 4.21. The Balaban J connectivity index is 2.84. The topological polar surface area (TPSA) is 46.5 Å². The molecule has 1 unspecified atom stereocenters. The summed E-state index contributed by atoms with van der Waals surface area (Å²) in [6, 6.07) is 6.59. The summed E-state index contributed by atoms with van der Waals surface area (Å²) in [5.41, 5.74) is 0. The van der Waals surface area contributed by atoms with Crippen molar-refractivity contribution in [3.8, 4) is 5.75 Å². The van der Waals surface area contributed by atoms with Crippen LogP contribution in [0, 0.1) is 0 Å². The minimum atomic E-state index is -2.01. The second-order valence-electron chi connectivity index (χ2n) is 2.23. The predicted molar refractivity (Wildman–Crippen MR) is 51.7 cm³/mol. The Morgan fingerprint density at radius 3 is 2.77 bits per heavy atom. The zero-order valence-electron chi connectivity index (χ0n) is 6.77. The largest absolute Gasteiger partial charge is 0.491 e. The summed E-state index contributed by atoms with van der Waals surface area (Å²) in [6.45, 7) is 0.329. The first-order chi connectivity index (χ1) is 6.25. The van der Waals surface area contributed by atoms with Gasteiger partial charge in [0.05, 0.1) is 5.88 Å². The van der Waals surface area contributed by atoms with Crippen molar-refractivity contribution in [2.45, 2.75) is 4.90 Å². The highest BCUT2D eigenvalue weighted by Gasteiger charge is 2.06. The molecule has 0 bridgehead atoms. The van der Waals surface area contributed by atoms with Crippen molar-refractivity contribution < 1.29 is 13.5 Å². The number of alkyl halides is 1. The third-order valence-electron chi connectivity index (χ3n) is 1.37. The van der Waals surface area contributed by atoms with E-state index in [9.17, 15) is 4.21 Å². The van der Waals surface area contributed by atoms with Crippen LogP contribution in [0.25, 0.3) is 0 Å². The molecule has 0 aliphatic carbocycles. The van der Waals surface area contributed by atoms with E-state index in [4.69, 9.17) is 20.9 Å². The lowest BCUT2D eigenvalue weighted by Gasteiger charge is -2.06. The van der Waals surface area contributed by atoms with E-state index in [1.54, 1.807) is 24.3 Å². The zero-order chi connectivity index (χ0) is 9.68. The van der Waals surface area contributed by atoms with Gasteiger partial charge in [0, 0.05) is 0 Å². The Morgan fingerprint density at radius 1 is 1.46 bits per heavy atom. The third kappa shape index (κ3) is 2.99. The zero-order valence-corrected chi connectivity index (χ0v) is 8.35. The molecule has 0 aliphatic heterocycles. The minimum Gasteiger partial charge on any atom is -0.491 e. The number of hydrogen-bond donors (Lipinski definition) is 1. The van der Waals surface area contributed by atoms with Crippen LogP contribution >= 0.6 is 11.6 Å². The molecule has 72 valence electrons. The van der Waals surface area contributed by atoms with Crippen molar-refractivity contribution in [1.82, 2.24) is 0 Å². The Hall–Kier alpha value is -0.580. The molecule has 0 saturated heterocycles.